The number of carboxylic acids is 1. The zero-order chi connectivity index (χ0) is 11.4. The minimum absolute atomic E-state index is 0.120. The van der Waals surface area contributed by atoms with Gasteiger partial charge in [-0.05, 0) is 17.7 Å². The summed E-state index contributed by atoms with van der Waals surface area (Å²) >= 11 is 0. The first-order valence-corrected chi connectivity index (χ1v) is 4.82. The van der Waals surface area contributed by atoms with Gasteiger partial charge >= 0.3 is 5.97 Å². The topological polar surface area (TPSA) is 55.8 Å². The summed E-state index contributed by atoms with van der Waals surface area (Å²) < 4.78 is 10.4. The van der Waals surface area contributed by atoms with Gasteiger partial charge < -0.3 is 14.6 Å². The second-order valence-corrected chi connectivity index (χ2v) is 3.29. The number of aliphatic carboxylic acids is 1. The van der Waals surface area contributed by atoms with Crippen LogP contribution in [0.5, 0.6) is 11.5 Å². The Kier molecular flexibility index (Phi) is 2.97. The van der Waals surface area contributed by atoms with Crippen LogP contribution in [-0.4, -0.2) is 17.9 Å². The molecule has 0 aromatic heterocycles. The Bertz CT molecular complexity index is 468. The molecule has 16 heavy (non-hydrogen) atoms. The van der Waals surface area contributed by atoms with Crippen LogP contribution >= 0.6 is 0 Å². The zero-order valence-electron chi connectivity index (χ0n) is 8.53. The lowest BCUT2D eigenvalue weighted by atomic mass is 10.1. The molecule has 0 fully saturated rings. The highest BCUT2D eigenvalue weighted by atomic mass is 16.7. The minimum Gasteiger partial charge on any atom is -0.481 e. The molecule has 1 aliphatic rings. The number of benzene rings is 1. The minimum atomic E-state index is -0.904. The maximum atomic E-state index is 10.2. The fourth-order valence-electron chi connectivity index (χ4n) is 1.35. The lowest BCUT2D eigenvalue weighted by molar-refractivity contribution is -0.135. The molecule has 4 nitrogen and oxygen atoms in total. The fraction of sp³-hybridized carbons (Fsp3) is 0.250. The van der Waals surface area contributed by atoms with E-state index < -0.39 is 5.97 Å². The van der Waals surface area contributed by atoms with E-state index in [4.69, 9.17) is 14.6 Å². The van der Waals surface area contributed by atoms with E-state index in [1.165, 1.54) is 0 Å². The Balaban J connectivity index is 1.99. The SMILES string of the molecule is O=C(O)CC#CCc1ccc2c(c1)OCO2. The van der Waals surface area contributed by atoms with E-state index in [-0.39, 0.29) is 13.2 Å². The molecule has 1 aliphatic heterocycles. The van der Waals surface area contributed by atoms with Crippen molar-refractivity contribution in [2.75, 3.05) is 6.79 Å². The Morgan fingerprint density at radius 3 is 2.94 bits per heavy atom. The van der Waals surface area contributed by atoms with Gasteiger partial charge in [-0.2, -0.15) is 0 Å². The maximum absolute atomic E-state index is 10.2. The number of rotatable bonds is 2. The third-order valence-electron chi connectivity index (χ3n) is 2.09. The van der Waals surface area contributed by atoms with E-state index in [1.807, 2.05) is 18.2 Å². The van der Waals surface area contributed by atoms with Crippen LogP contribution < -0.4 is 9.47 Å². The molecule has 2 rings (SSSR count). The summed E-state index contributed by atoms with van der Waals surface area (Å²) in [6, 6.07) is 5.58. The second-order valence-electron chi connectivity index (χ2n) is 3.29. The first-order valence-electron chi connectivity index (χ1n) is 4.82. The molecule has 0 atom stereocenters. The second kappa shape index (κ2) is 4.58. The summed E-state index contributed by atoms with van der Waals surface area (Å²) in [5.74, 6) is 5.93. The number of ether oxygens (including phenoxy) is 2. The normalized spacial score (nSPS) is 11.8. The fourth-order valence-corrected chi connectivity index (χ4v) is 1.35. The molecular weight excluding hydrogens is 208 g/mol. The predicted molar refractivity (Wildman–Crippen MR) is 56.3 cm³/mol. The monoisotopic (exact) mass is 218 g/mol. The summed E-state index contributed by atoms with van der Waals surface area (Å²) in [4.78, 5) is 10.2. The molecule has 0 aliphatic carbocycles. The molecular formula is C12H10O4. The van der Waals surface area contributed by atoms with Crippen LogP contribution in [0.15, 0.2) is 18.2 Å². The third-order valence-corrected chi connectivity index (χ3v) is 2.09. The van der Waals surface area contributed by atoms with Crippen LogP contribution in [0.3, 0.4) is 0 Å². The van der Waals surface area contributed by atoms with Crippen LogP contribution in [-0.2, 0) is 11.2 Å². The van der Waals surface area contributed by atoms with Crippen molar-refractivity contribution in [1.82, 2.24) is 0 Å². The van der Waals surface area contributed by atoms with E-state index in [0.29, 0.717) is 6.42 Å². The molecule has 0 spiro atoms. The van der Waals surface area contributed by atoms with Gasteiger partial charge in [0.1, 0.15) is 6.42 Å². The first kappa shape index (κ1) is 10.4. The van der Waals surface area contributed by atoms with Gasteiger partial charge in [0.2, 0.25) is 6.79 Å². The number of hydrogen-bond acceptors (Lipinski definition) is 3. The summed E-state index contributed by atoms with van der Waals surface area (Å²) in [6.07, 6.45) is 0.397. The van der Waals surface area contributed by atoms with Gasteiger partial charge in [0, 0.05) is 6.42 Å². The van der Waals surface area contributed by atoms with Gasteiger partial charge in [-0.1, -0.05) is 17.9 Å². The van der Waals surface area contributed by atoms with Crippen molar-refractivity contribution in [2.45, 2.75) is 12.8 Å². The molecule has 82 valence electrons. The predicted octanol–water partition coefficient (Wildman–Crippen LogP) is 1.44. The molecule has 0 unspecified atom stereocenters. The standard InChI is InChI=1S/C12H10O4/c13-12(14)4-2-1-3-9-5-6-10-11(7-9)16-8-15-10/h5-7H,3-4,8H2,(H,13,14). The van der Waals surface area contributed by atoms with E-state index in [9.17, 15) is 4.79 Å². The summed E-state index contributed by atoms with van der Waals surface area (Å²) in [5, 5.41) is 8.40. The molecule has 0 radical (unpaired) electrons. The molecule has 1 aromatic rings. The van der Waals surface area contributed by atoms with Crippen molar-refractivity contribution in [3.63, 3.8) is 0 Å². The molecule has 4 heteroatoms. The molecule has 1 N–H and O–H groups in total. The Morgan fingerprint density at radius 1 is 1.31 bits per heavy atom. The average Bonchev–Trinajstić information content (AvgIpc) is 2.71. The molecule has 0 saturated carbocycles. The summed E-state index contributed by atoms with van der Waals surface area (Å²) in [6.45, 7) is 0.253. The average molecular weight is 218 g/mol. The number of fused-ring (bicyclic) bond motifs is 1. The van der Waals surface area contributed by atoms with Crippen LogP contribution in [0.1, 0.15) is 12.0 Å². The molecule has 0 amide bonds. The molecule has 0 bridgehead atoms. The van der Waals surface area contributed by atoms with Crippen LogP contribution in [0.4, 0.5) is 0 Å². The van der Waals surface area contributed by atoms with Gasteiger partial charge in [0.05, 0.1) is 0 Å². The number of carbonyl (C=O) groups is 1. The van der Waals surface area contributed by atoms with Crippen molar-refractivity contribution in [3.05, 3.63) is 23.8 Å². The smallest absolute Gasteiger partial charge is 0.315 e. The van der Waals surface area contributed by atoms with Gasteiger partial charge in [-0.25, -0.2) is 0 Å². The third kappa shape index (κ3) is 2.45. The highest BCUT2D eigenvalue weighted by Crippen LogP contribution is 2.32. The first-order chi connectivity index (χ1) is 7.75. The van der Waals surface area contributed by atoms with E-state index in [2.05, 4.69) is 11.8 Å². The van der Waals surface area contributed by atoms with Gasteiger partial charge in [0.15, 0.2) is 11.5 Å². The van der Waals surface area contributed by atoms with Crippen LogP contribution in [0.25, 0.3) is 0 Å². The molecule has 0 saturated heterocycles. The Morgan fingerprint density at radius 2 is 2.12 bits per heavy atom. The van der Waals surface area contributed by atoms with Crippen molar-refractivity contribution in [2.24, 2.45) is 0 Å². The Labute approximate surface area is 92.8 Å². The highest BCUT2D eigenvalue weighted by Gasteiger charge is 2.12. The lowest BCUT2D eigenvalue weighted by Gasteiger charge is -1.98. The van der Waals surface area contributed by atoms with Crippen molar-refractivity contribution in [3.8, 4) is 23.3 Å². The van der Waals surface area contributed by atoms with Gasteiger partial charge in [0.25, 0.3) is 0 Å². The van der Waals surface area contributed by atoms with Crippen molar-refractivity contribution in [1.29, 1.82) is 0 Å². The van der Waals surface area contributed by atoms with Crippen LogP contribution in [0.2, 0.25) is 0 Å². The van der Waals surface area contributed by atoms with Crippen molar-refractivity contribution >= 4 is 5.97 Å². The van der Waals surface area contributed by atoms with E-state index >= 15 is 0 Å². The largest absolute Gasteiger partial charge is 0.481 e. The highest BCUT2D eigenvalue weighted by molar-refractivity contribution is 5.69. The maximum Gasteiger partial charge on any atom is 0.315 e. The summed E-state index contributed by atoms with van der Waals surface area (Å²) in [7, 11) is 0. The van der Waals surface area contributed by atoms with E-state index in [1.54, 1.807) is 0 Å². The zero-order valence-corrected chi connectivity index (χ0v) is 8.53. The lowest BCUT2D eigenvalue weighted by Crippen LogP contribution is -1.92. The van der Waals surface area contributed by atoms with Gasteiger partial charge in [-0.3, -0.25) is 4.79 Å². The molecule has 1 heterocycles. The summed E-state index contributed by atoms with van der Waals surface area (Å²) in [5.41, 5.74) is 0.988. The Hall–Kier alpha value is -2.15. The molecule has 1 aromatic carbocycles. The van der Waals surface area contributed by atoms with E-state index in [0.717, 1.165) is 17.1 Å². The van der Waals surface area contributed by atoms with Crippen LogP contribution in [0, 0.1) is 11.8 Å². The quantitative estimate of drug-likeness (QED) is 0.763. The van der Waals surface area contributed by atoms with Crippen molar-refractivity contribution < 1.29 is 19.4 Å². The van der Waals surface area contributed by atoms with Gasteiger partial charge in [-0.15, -0.1) is 0 Å². The number of carboxylic acid groups (broad SMARTS) is 1. The number of hydrogen-bond donors (Lipinski definition) is 1.